The number of nitrogens with one attached hydrogen (secondary N) is 2. The summed E-state index contributed by atoms with van der Waals surface area (Å²) < 4.78 is 13.0. The van der Waals surface area contributed by atoms with Crippen LogP contribution < -0.4 is 16.4 Å². The summed E-state index contributed by atoms with van der Waals surface area (Å²) in [6, 6.07) is 3.56. The van der Waals surface area contributed by atoms with E-state index in [0.29, 0.717) is 0 Å². The maximum Gasteiger partial charge on any atom is 0.239 e. The Labute approximate surface area is 102 Å². The van der Waals surface area contributed by atoms with Crippen LogP contribution in [-0.2, 0) is 9.59 Å². The summed E-state index contributed by atoms with van der Waals surface area (Å²) in [6.07, 6.45) is 0. The molecule has 0 unspecified atom stereocenters. The number of hydrogen-bond donors (Lipinski definition) is 3. The molecule has 5 nitrogen and oxygen atoms in total. The number of alkyl halides is 1. The van der Waals surface area contributed by atoms with E-state index in [0.717, 1.165) is 12.1 Å². The number of hydrogen-bond acceptors (Lipinski definition) is 3. The molecule has 0 bridgehead atoms. The SMILES string of the molecule is NCC(=O)Nc1cc(F)ccc1NC(=O)CCl. The molecular formula is C10H11ClFN3O2. The van der Waals surface area contributed by atoms with Gasteiger partial charge in [-0.25, -0.2) is 4.39 Å². The van der Waals surface area contributed by atoms with Crippen molar-refractivity contribution in [3.05, 3.63) is 24.0 Å². The fourth-order valence-corrected chi connectivity index (χ4v) is 1.18. The Morgan fingerprint density at radius 2 is 1.88 bits per heavy atom. The van der Waals surface area contributed by atoms with Crippen molar-refractivity contribution in [2.24, 2.45) is 5.73 Å². The molecule has 17 heavy (non-hydrogen) atoms. The molecule has 92 valence electrons. The monoisotopic (exact) mass is 259 g/mol. The first-order chi connectivity index (χ1) is 8.06. The summed E-state index contributed by atoms with van der Waals surface area (Å²) >= 11 is 5.33. The molecule has 1 aromatic rings. The first kappa shape index (κ1) is 13.4. The van der Waals surface area contributed by atoms with Crippen molar-refractivity contribution in [2.45, 2.75) is 0 Å². The zero-order valence-electron chi connectivity index (χ0n) is 8.80. The normalized spacial score (nSPS) is 9.82. The number of carbonyl (C=O) groups excluding carboxylic acids is 2. The van der Waals surface area contributed by atoms with Crippen LogP contribution in [0.25, 0.3) is 0 Å². The molecule has 0 aromatic heterocycles. The summed E-state index contributed by atoms with van der Waals surface area (Å²) in [5.74, 6) is -1.72. The maximum absolute atomic E-state index is 13.0. The van der Waals surface area contributed by atoms with Crippen LogP contribution in [0.5, 0.6) is 0 Å². The van der Waals surface area contributed by atoms with Crippen molar-refractivity contribution in [3.63, 3.8) is 0 Å². The third-order valence-corrected chi connectivity index (χ3v) is 2.08. The first-order valence-corrected chi connectivity index (χ1v) is 5.25. The third kappa shape index (κ3) is 4.01. The lowest BCUT2D eigenvalue weighted by molar-refractivity contribution is -0.115. The smallest absolute Gasteiger partial charge is 0.239 e. The highest BCUT2D eigenvalue weighted by atomic mass is 35.5. The van der Waals surface area contributed by atoms with E-state index in [2.05, 4.69) is 10.6 Å². The van der Waals surface area contributed by atoms with Gasteiger partial charge in [0.2, 0.25) is 11.8 Å². The lowest BCUT2D eigenvalue weighted by Crippen LogP contribution is -2.23. The average molecular weight is 260 g/mol. The number of halogens is 2. The molecule has 0 heterocycles. The third-order valence-electron chi connectivity index (χ3n) is 1.84. The van der Waals surface area contributed by atoms with Gasteiger partial charge in [-0.2, -0.15) is 0 Å². The zero-order valence-corrected chi connectivity index (χ0v) is 9.55. The number of carbonyl (C=O) groups is 2. The van der Waals surface area contributed by atoms with Crippen molar-refractivity contribution in [2.75, 3.05) is 23.1 Å². The van der Waals surface area contributed by atoms with Gasteiger partial charge in [-0.05, 0) is 18.2 Å². The highest BCUT2D eigenvalue weighted by Gasteiger charge is 2.09. The summed E-state index contributed by atoms with van der Waals surface area (Å²) in [7, 11) is 0. The van der Waals surface area contributed by atoms with Crippen molar-refractivity contribution >= 4 is 34.8 Å². The number of anilines is 2. The number of benzene rings is 1. The quantitative estimate of drug-likeness (QED) is 0.703. The van der Waals surface area contributed by atoms with Crippen LogP contribution in [0.2, 0.25) is 0 Å². The Morgan fingerprint density at radius 3 is 2.47 bits per heavy atom. The zero-order chi connectivity index (χ0) is 12.8. The second-order valence-electron chi connectivity index (χ2n) is 3.12. The Kier molecular flexibility index (Phi) is 4.86. The van der Waals surface area contributed by atoms with Gasteiger partial charge in [-0.1, -0.05) is 0 Å². The van der Waals surface area contributed by atoms with Gasteiger partial charge in [-0.3, -0.25) is 9.59 Å². The molecule has 0 saturated heterocycles. The number of nitrogens with two attached hydrogens (primary N) is 1. The molecule has 0 saturated carbocycles. The predicted molar refractivity (Wildman–Crippen MR) is 63.4 cm³/mol. The molecule has 0 spiro atoms. The summed E-state index contributed by atoms with van der Waals surface area (Å²) in [6.45, 7) is -0.237. The largest absolute Gasteiger partial charge is 0.323 e. The molecule has 0 radical (unpaired) electrons. The van der Waals surface area contributed by atoms with Gasteiger partial charge in [0.05, 0.1) is 17.9 Å². The molecule has 2 amide bonds. The van der Waals surface area contributed by atoms with Gasteiger partial charge >= 0.3 is 0 Å². The molecule has 4 N–H and O–H groups in total. The van der Waals surface area contributed by atoms with Gasteiger partial charge in [0.15, 0.2) is 0 Å². The molecule has 0 fully saturated rings. The van der Waals surface area contributed by atoms with Crippen LogP contribution in [0.4, 0.5) is 15.8 Å². The van der Waals surface area contributed by atoms with E-state index in [9.17, 15) is 14.0 Å². The minimum atomic E-state index is -0.541. The van der Waals surface area contributed by atoms with Crippen LogP contribution >= 0.6 is 11.6 Å². The van der Waals surface area contributed by atoms with Crippen LogP contribution in [0.1, 0.15) is 0 Å². The van der Waals surface area contributed by atoms with Gasteiger partial charge in [0.1, 0.15) is 11.7 Å². The van der Waals surface area contributed by atoms with Crippen LogP contribution in [0.3, 0.4) is 0 Å². The summed E-state index contributed by atoms with van der Waals surface area (Å²) in [5.41, 5.74) is 5.52. The number of amides is 2. The molecule has 0 atom stereocenters. The van der Waals surface area contributed by atoms with Crippen LogP contribution in [0.15, 0.2) is 18.2 Å². The lowest BCUT2D eigenvalue weighted by Gasteiger charge is -2.11. The average Bonchev–Trinajstić information content (AvgIpc) is 2.32. The molecule has 1 aromatic carbocycles. The van der Waals surface area contributed by atoms with E-state index >= 15 is 0 Å². The van der Waals surface area contributed by atoms with E-state index in [1.807, 2.05) is 0 Å². The summed E-state index contributed by atoms with van der Waals surface area (Å²) in [4.78, 5) is 22.2. The predicted octanol–water partition coefficient (Wildman–Crippen LogP) is 0.900. The molecular weight excluding hydrogens is 249 g/mol. The van der Waals surface area contributed by atoms with Crippen molar-refractivity contribution in [1.29, 1.82) is 0 Å². The van der Waals surface area contributed by atoms with E-state index in [1.54, 1.807) is 0 Å². The van der Waals surface area contributed by atoms with E-state index in [1.165, 1.54) is 6.07 Å². The molecule has 0 aliphatic carbocycles. The standard InChI is InChI=1S/C10H11ClFN3O2/c11-4-9(16)14-7-2-1-6(12)3-8(7)15-10(17)5-13/h1-3H,4-5,13H2,(H,14,16)(H,15,17). The van der Waals surface area contributed by atoms with E-state index in [-0.39, 0.29) is 23.8 Å². The molecule has 7 heteroatoms. The Bertz CT molecular complexity index is 440. The minimum absolute atomic E-state index is 0.138. The van der Waals surface area contributed by atoms with Crippen molar-refractivity contribution < 1.29 is 14.0 Å². The topological polar surface area (TPSA) is 84.2 Å². The fourth-order valence-electron chi connectivity index (χ4n) is 1.11. The van der Waals surface area contributed by atoms with Crippen LogP contribution in [0, 0.1) is 5.82 Å². The molecule has 1 rings (SSSR count). The van der Waals surface area contributed by atoms with E-state index < -0.39 is 17.6 Å². The second-order valence-corrected chi connectivity index (χ2v) is 3.39. The Morgan fingerprint density at radius 1 is 1.24 bits per heavy atom. The summed E-state index contributed by atoms with van der Waals surface area (Å²) in [5, 5.41) is 4.79. The van der Waals surface area contributed by atoms with Crippen molar-refractivity contribution in [1.82, 2.24) is 0 Å². The molecule has 0 aliphatic heterocycles. The van der Waals surface area contributed by atoms with E-state index in [4.69, 9.17) is 17.3 Å². The van der Waals surface area contributed by atoms with Crippen molar-refractivity contribution in [3.8, 4) is 0 Å². The van der Waals surface area contributed by atoms with Gasteiger partial charge < -0.3 is 16.4 Å². The Balaban J connectivity index is 2.95. The number of rotatable bonds is 4. The fraction of sp³-hybridized carbons (Fsp3) is 0.200. The first-order valence-electron chi connectivity index (χ1n) is 4.72. The Hall–Kier alpha value is -1.66. The van der Waals surface area contributed by atoms with Gasteiger partial charge in [-0.15, -0.1) is 11.6 Å². The minimum Gasteiger partial charge on any atom is -0.323 e. The van der Waals surface area contributed by atoms with Gasteiger partial charge in [0.25, 0.3) is 0 Å². The highest BCUT2D eigenvalue weighted by molar-refractivity contribution is 6.29. The highest BCUT2D eigenvalue weighted by Crippen LogP contribution is 2.22. The van der Waals surface area contributed by atoms with Gasteiger partial charge in [0, 0.05) is 0 Å². The maximum atomic E-state index is 13.0. The van der Waals surface area contributed by atoms with Crippen LogP contribution in [-0.4, -0.2) is 24.2 Å². The molecule has 0 aliphatic rings. The second kappa shape index (κ2) is 6.17. The lowest BCUT2D eigenvalue weighted by atomic mass is 10.2.